The second kappa shape index (κ2) is 7.17. The van der Waals surface area contributed by atoms with Gasteiger partial charge in [-0.3, -0.25) is 4.79 Å². The summed E-state index contributed by atoms with van der Waals surface area (Å²) < 4.78 is 1.04. The zero-order valence-electron chi connectivity index (χ0n) is 9.90. The second-order valence-electron chi connectivity index (χ2n) is 3.77. The molecule has 5 heteroatoms. The highest BCUT2D eigenvalue weighted by Gasteiger charge is 2.07. The molecule has 0 saturated heterocycles. The Morgan fingerprint density at radius 3 is 2.68 bits per heavy atom. The SMILES string of the molecule is O=C(CSc1ccccc1)Nc1cc(I)ccc1Cl. The van der Waals surface area contributed by atoms with Gasteiger partial charge in [0.15, 0.2) is 0 Å². The lowest BCUT2D eigenvalue weighted by Gasteiger charge is -2.07. The van der Waals surface area contributed by atoms with Gasteiger partial charge in [-0.05, 0) is 52.9 Å². The number of carbonyl (C=O) groups is 1. The Hall–Kier alpha value is -0.720. The van der Waals surface area contributed by atoms with Crippen molar-refractivity contribution in [3.05, 3.63) is 57.1 Å². The molecule has 19 heavy (non-hydrogen) atoms. The first-order chi connectivity index (χ1) is 9.15. The van der Waals surface area contributed by atoms with Crippen LogP contribution in [0.2, 0.25) is 5.02 Å². The van der Waals surface area contributed by atoms with Crippen LogP contribution in [0, 0.1) is 3.57 Å². The number of anilines is 1. The van der Waals surface area contributed by atoms with Crippen molar-refractivity contribution in [1.29, 1.82) is 0 Å². The molecule has 0 bridgehead atoms. The molecular weight excluding hydrogens is 393 g/mol. The lowest BCUT2D eigenvalue weighted by molar-refractivity contribution is -0.113. The van der Waals surface area contributed by atoms with Crippen LogP contribution in [-0.4, -0.2) is 11.7 Å². The smallest absolute Gasteiger partial charge is 0.234 e. The third-order valence-electron chi connectivity index (χ3n) is 2.32. The summed E-state index contributed by atoms with van der Waals surface area (Å²) in [4.78, 5) is 12.9. The molecule has 1 amide bonds. The molecule has 0 heterocycles. The Bertz CT molecular complexity index is 577. The summed E-state index contributed by atoms with van der Waals surface area (Å²) in [6, 6.07) is 15.4. The van der Waals surface area contributed by atoms with Gasteiger partial charge in [0.1, 0.15) is 0 Å². The third-order valence-corrected chi connectivity index (χ3v) is 4.33. The molecule has 2 rings (SSSR count). The maximum absolute atomic E-state index is 11.9. The molecule has 0 aliphatic rings. The quantitative estimate of drug-likeness (QED) is 0.593. The lowest BCUT2D eigenvalue weighted by atomic mass is 10.3. The average Bonchev–Trinajstić information content (AvgIpc) is 2.42. The number of benzene rings is 2. The standard InChI is InChI=1S/C14H11ClINOS/c15-12-7-6-10(16)8-13(12)17-14(18)9-19-11-4-2-1-3-5-11/h1-8H,9H2,(H,17,18). The maximum Gasteiger partial charge on any atom is 0.234 e. The van der Waals surface area contributed by atoms with Gasteiger partial charge in [-0.2, -0.15) is 0 Å². The molecular formula is C14H11ClINOS. The Kier molecular flexibility index (Phi) is 5.54. The molecule has 2 nitrogen and oxygen atoms in total. The van der Waals surface area contributed by atoms with Crippen LogP contribution in [0.3, 0.4) is 0 Å². The predicted molar refractivity (Wildman–Crippen MR) is 90.0 cm³/mol. The van der Waals surface area contributed by atoms with E-state index in [0.29, 0.717) is 16.5 Å². The summed E-state index contributed by atoms with van der Waals surface area (Å²) in [5.41, 5.74) is 0.659. The highest BCUT2D eigenvalue weighted by atomic mass is 127. The van der Waals surface area contributed by atoms with Crippen molar-refractivity contribution in [1.82, 2.24) is 0 Å². The van der Waals surface area contributed by atoms with Crippen LogP contribution in [0.4, 0.5) is 5.69 Å². The van der Waals surface area contributed by atoms with Gasteiger partial charge in [-0.1, -0.05) is 29.8 Å². The molecule has 0 aliphatic heterocycles. The van der Waals surface area contributed by atoms with Crippen LogP contribution in [0.1, 0.15) is 0 Å². The fraction of sp³-hybridized carbons (Fsp3) is 0.0714. The molecule has 0 atom stereocenters. The Labute approximate surface area is 135 Å². The van der Waals surface area contributed by atoms with Gasteiger partial charge in [0.05, 0.1) is 16.5 Å². The summed E-state index contributed by atoms with van der Waals surface area (Å²) in [6.07, 6.45) is 0. The maximum atomic E-state index is 11.9. The molecule has 2 aromatic rings. The normalized spacial score (nSPS) is 10.2. The van der Waals surface area contributed by atoms with Crippen molar-refractivity contribution in [2.45, 2.75) is 4.90 Å². The molecule has 0 aromatic heterocycles. The van der Waals surface area contributed by atoms with Crippen LogP contribution in [-0.2, 0) is 4.79 Å². The van der Waals surface area contributed by atoms with Crippen LogP contribution < -0.4 is 5.32 Å². The van der Waals surface area contributed by atoms with Crippen LogP contribution in [0.5, 0.6) is 0 Å². The van der Waals surface area contributed by atoms with E-state index in [1.807, 2.05) is 42.5 Å². The van der Waals surface area contributed by atoms with E-state index in [-0.39, 0.29) is 5.91 Å². The van der Waals surface area contributed by atoms with E-state index >= 15 is 0 Å². The largest absolute Gasteiger partial charge is 0.324 e. The highest BCUT2D eigenvalue weighted by Crippen LogP contribution is 2.24. The first-order valence-electron chi connectivity index (χ1n) is 5.58. The number of rotatable bonds is 4. The number of hydrogen-bond acceptors (Lipinski definition) is 2. The first kappa shape index (κ1) is 14.7. The van der Waals surface area contributed by atoms with Gasteiger partial charge in [0, 0.05) is 8.47 Å². The zero-order valence-corrected chi connectivity index (χ0v) is 13.6. The minimum absolute atomic E-state index is 0.0576. The zero-order chi connectivity index (χ0) is 13.7. The highest BCUT2D eigenvalue weighted by molar-refractivity contribution is 14.1. The van der Waals surface area contributed by atoms with Crippen molar-refractivity contribution in [3.63, 3.8) is 0 Å². The number of carbonyl (C=O) groups excluding carboxylic acids is 1. The summed E-state index contributed by atoms with van der Waals surface area (Å²) in [7, 11) is 0. The van der Waals surface area contributed by atoms with Crippen LogP contribution >= 0.6 is 46.0 Å². The third kappa shape index (κ3) is 4.71. The van der Waals surface area contributed by atoms with E-state index < -0.39 is 0 Å². The minimum atomic E-state index is -0.0576. The first-order valence-corrected chi connectivity index (χ1v) is 8.02. The van der Waals surface area contributed by atoms with Crippen LogP contribution in [0.25, 0.3) is 0 Å². The molecule has 0 spiro atoms. The van der Waals surface area contributed by atoms with Gasteiger partial charge < -0.3 is 5.32 Å². The molecule has 98 valence electrons. The van der Waals surface area contributed by atoms with Gasteiger partial charge >= 0.3 is 0 Å². The van der Waals surface area contributed by atoms with Crippen molar-refractivity contribution in [3.8, 4) is 0 Å². The topological polar surface area (TPSA) is 29.1 Å². The van der Waals surface area contributed by atoms with E-state index in [1.54, 1.807) is 6.07 Å². The molecule has 1 N–H and O–H groups in total. The fourth-order valence-corrected chi connectivity index (χ4v) is 2.82. The van der Waals surface area contributed by atoms with E-state index in [2.05, 4.69) is 27.9 Å². The molecule has 0 saturated carbocycles. The summed E-state index contributed by atoms with van der Waals surface area (Å²) >= 11 is 9.72. The molecule has 0 unspecified atom stereocenters. The van der Waals surface area contributed by atoms with Gasteiger partial charge in [-0.25, -0.2) is 0 Å². The molecule has 2 aromatic carbocycles. The second-order valence-corrected chi connectivity index (χ2v) is 6.48. The lowest BCUT2D eigenvalue weighted by Crippen LogP contribution is -2.14. The molecule has 0 radical (unpaired) electrons. The Morgan fingerprint density at radius 1 is 1.21 bits per heavy atom. The van der Waals surface area contributed by atoms with E-state index in [9.17, 15) is 4.79 Å². The van der Waals surface area contributed by atoms with Gasteiger partial charge in [0.2, 0.25) is 5.91 Å². The average molecular weight is 404 g/mol. The number of thioether (sulfide) groups is 1. The van der Waals surface area contributed by atoms with Crippen molar-refractivity contribution in [2.24, 2.45) is 0 Å². The number of amides is 1. The number of hydrogen-bond donors (Lipinski definition) is 1. The Morgan fingerprint density at radius 2 is 1.95 bits per heavy atom. The predicted octanol–water partition coefficient (Wildman–Crippen LogP) is 4.68. The monoisotopic (exact) mass is 403 g/mol. The fourth-order valence-electron chi connectivity index (χ4n) is 1.45. The summed E-state index contributed by atoms with van der Waals surface area (Å²) in [5.74, 6) is 0.309. The Balaban J connectivity index is 1.93. The van der Waals surface area contributed by atoms with Crippen molar-refractivity contribution in [2.75, 3.05) is 11.1 Å². The van der Waals surface area contributed by atoms with Crippen molar-refractivity contribution >= 4 is 57.5 Å². The summed E-state index contributed by atoms with van der Waals surface area (Å²) in [6.45, 7) is 0. The van der Waals surface area contributed by atoms with E-state index in [1.165, 1.54) is 11.8 Å². The van der Waals surface area contributed by atoms with Gasteiger partial charge in [-0.15, -0.1) is 11.8 Å². The number of halogens is 2. The molecule has 0 fully saturated rings. The van der Waals surface area contributed by atoms with E-state index in [4.69, 9.17) is 11.6 Å². The molecule has 0 aliphatic carbocycles. The van der Waals surface area contributed by atoms with E-state index in [0.717, 1.165) is 8.47 Å². The van der Waals surface area contributed by atoms with Gasteiger partial charge in [0.25, 0.3) is 0 Å². The summed E-state index contributed by atoms with van der Waals surface area (Å²) in [5, 5.41) is 3.38. The van der Waals surface area contributed by atoms with Crippen molar-refractivity contribution < 1.29 is 4.79 Å². The van der Waals surface area contributed by atoms with Crippen LogP contribution in [0.15, 0.2) is 53.4 Å². The minimum Gasteiger partial charge on any atom is -0.324 e. The number of nitrogens with one attached hydrogen (secondary N) is 1.